The van der Waals surface area contributed by atoms with Crippen molar-refractivity contribution in [1.29, 1.82) is 0 Å². The summed E-state index contributed by atoms with van der Waals surface area (Å²) in [6, 6.07) is 5.18. The average molecular weight is 504 g/mol. The third kappa shape index (κ3) is 4.11. The number of benzene rings is 1. The Morgan fingerprint density at radius 2 is 1.97 bits per heavy atom. The summed E-state index contributed by atoms with van der Waals surface area (Å²) in [4.78, 5) is 30.6. The maximum absolute atomic E-state index is 13.7. The second-order valence-corrected chi connectivity index (χ2v) is 9.12. The van der Waals surface area contributed by atoms with E-state index in [1.807, 2.05) is 0 Å². The fourth-order valence-electron chi connectivity index (χ4n) is 4.79. The van der Waals surface area contributed by atoms with Crippen molar-refractivity contribution in [1.82, 2.24) is 34.0 Å². The number of aromatic nitrogens is 6. The number of halogens is 3. The molecule has 0 aliphatic carbocycles. The molecule has 14 heteroatoms. The number of hydrogen-bond donors (Lipinski definition) is 3. The molecule has 1 amide bonds. The van der Waals surface area contributed by atoms with Crippen molar-refractivity contribution >= 4 is 33.9 Å². The summed E-state index contributed by atoms with van der Waals surface area (Å²) in [5, 5.41) is 21.8. The van der Waals surface area contributed by atoms with Gasteiger partial charge in [0.05, 0.1) is 35.1 Å². The number of nitrogen functional groups attached to an aromatic ring is 1. The average Bonchev–Trinajstić information content (AvgIpc) is 3.35. The molecule has 1 aliphatic heterocycles. The molecule has 3 aromatic heterocycles. The van der Waals surface area contributed by atoms with Crippen LogP contribution in [0, 0.1) is 0 Å². The zero-order chi connectivity index (χ0) is 25.8. The van der Waals surface area contributed by atoms with E-state index < -0.39 is 42.2 Å². The number of imidazole rings is 2. The van der Waals surface area contributed by atoms with Crippen LogP contribution in [-0.2, 0) is 17.5 Å². The Hall–Kier alpha value is -3.78. The van der Waals surface area contributed by atoms with Crippen molar-refractivity contribution in [3.8, 4) is 0 Å². The van der Waals surface area contributed by atoms with Crippen LogP contribution in [0.4, 0.5) is 19.0 Å². The third-order valence-electron chi connectivity index (χ3n) is 6.47. The fraction of sp³-hybridized carbons (Fsp3) is 0.409. The van der Waals surface area contributed by atoms with Gasteiger partial charge in [-0.05, 0) is 19.1 Å². The lowest BCUT2D eigenvalue weighted by molar-refractivity contribution is -0.148. The van der Waals surface area contributed by atoms with Crippen LogP contribution in [0.3, 0.4) is 0 Å². The van der Waals surface area contributed by atoms with E-state index in [0.717, 1.165) is 4.57 Å². The van der Waals surface area contributed by atoms with Gasteiger partial charge < -0.3 is 30.0 Å². The third-order valence-corrected chi connectivity index (χ3v) is 6.47. The quantitative estimate of drug-likeness (QED) is 0.379. The largest absolute Gasteiger partial charge is 0.449 e. The molecule has 36 heavy (non-hydrogen) atoms. The molecule has 1 aromatic carbocycles. The Morgan fingerprint density at radius 3 is 2.72 bits per heavy atom. The number of likely N-dealkylation sites (tertiary alicyclic amines) is 1. The highest BCUT2D eigenvalue weighted by Gasteiger charge is 2.43. The van der Waals surface area contributed by atoms with Gasteiger partial charge in [0.25, 0.3) is 0 Å². The van der Waals surface area contributed by atoms with Gasteiger partial charge in [0, 0.05) is 19.5 Å². The van der Waals surface area contributed by atoms with E-state index in [0.29, 0.717) is 11.2 Å². The standard InChI is InChI=1S/C22H23F3N8O3/c1-21(36)6-12(34)7-31(8-15(21)33-11-29-17-18(26)27-10-28-19(17)33)16(35)9-32-14-5-3-2-4-13(14)30-20(32)22(23,24)25/h2-5,10-12,15,34,36H,6-9H2,1H3,(H2,26,27,28)/t12-,15+,21+/m1/s1. The van der Waals surface area contributed by atoms with Crippen LogP contribution >= 0.6 is 0 Å². The van der Waals surface area contributed by atoms with Gasteiger partial charge >= 0.3 is 6.18 Å². The van der Waals surface area contributed by atoms with Crippen LogP contribution < -0.4 is 5.73 Å². The number of carbonyl (C=O) groups is 1. The molecule has 4 aromatic rings. The van der Waals surface area contributed by atoms with E-state index in [1.165, 1.54) is 36.6 Å². The monoisotopic (exact) mass is 504 g/mol. The van der Waals surface area contributed by atoms with E-state index >= 15 is 0 Å². The van der Waals surface area contributed by atoms with Gasteiger partial charge in [-0.2, -0.15) is 13.2 Å². The second-order valence-electron chi connectivity index (χ2n) is 9.12. The number of fused-ring (bicyclic) bond motifs is 2. The Bertz CT molecular complexity index is 1450. The summed E-state index contributed by atoms with van der Waals surface area (Å²) < 4.78 is 43.5. The van der Waals surface area contributed by atoms with Crippen molar-refractivity contribution in [3.63, 3.8) is 0 Å². The molecule has 0 radical (unpaired) electrons. The van der Waals surface area contributed by atoms with Crippen LogP contribution in [0.25, 0.3) is 22.2 Å². The van der Waals surface area contributed by atoms with Crippen LogP contribution in [-0.4, -0.2) is 74.9 Å². The first-order valence-corrected chi connectivity index (χ1v) is 11.1. The van der Waals surface area contributed by atoms with E-state index in [1.54, 1.807) is 16.7 Å². The number of carbonyl (C=O) groups excluding carboxylic acids is 1. The lowest BCUT2D eigenvalue weighted by Crippen LogP contribution is -2.43. The molecule has 0 bridgehead atoms. The first kappa shape index (κ1) is 23.9. The number of aliphatic hydroxyl groups is 2. The minimum atomic E-state index is -4.78. The first-order valence-electron chi connectivity index (χ1n) is 11.1. The predicted molar refractivity (Wildman–Crippen MR) is 121 cm³/mol. The maximum atomic E-state index is 13.7. The summed E-state index contributed by atoms with van der Waals surface area (Å²) in [5.74, 6) is -1.74. The van der Waals surface area contributed by atoms with Crippen molar-refractivity contribution in [2.24, 2.45) is 0 Å². The maximum Gasteiger partial charge on any atom is 0.449 e. The smallest absolute Gasteiger partial charge is 0.391 e. The Kier molecular flexibility index (Phi) is 5.59. The molecule has 0 spiro atoms. The summed E-state index contributed by atoms with van der Waals surface area (Å²) in [6.45, 7) is 0.558. The molecule has 190 valence electrons. The highest BCUT2D eigenvalue weighted by Crippen LogP contribution is 2.35. The van der Waals surface area contributed by atoms with Gasteiger partial charge in [0.15, 0.2) is 11.5 Å². The highest BCUT2D eigenvalue weighted by atomic mass is 19.4. The number of para-hydroxylation sites is 2. The van der Waals surface area contributed by atoms with Crippen molar-refractivity contribution < 1.29 is 28.2 Å². The number of anilines is 1. The molecule has 4 heterocycles. The molecule has 0 saturated carbocycles. The van der Waals surface area contributed by atoms with E-state index in [4.69, 9.17) is 5.73 Å². The lowest BCUT2D eigenvalue weighted by Gasteiger charge is -2.34. The van der Waals surface area contributed by atoms with Gasteiger partial charge in [-0.25, -0.2) is 19.9 Å². The van der Waals surface area contributed by atoms with Gasteiger partial charge in [-0.1, -0.05) is 12.1 Å². The number of alkyl halides is 3. The summed E-state index contributed by atoms with van der Waals surface area (Å²) in [6.07, 6.45) is -3.35. The van der Waals surface area contributed by atoms with Crippen LogP contribution in [0.15, 0.2) is 36.9 Å². The van der Waals surface area contributed by atoms with Crippen molar-refractivity contribution in [2.45, 2.75) is 43.8 Å². The predicted octanol–water partition coefficient (Wildman–Crippen LogP) is 1.36. The number of amides is 1. The zero-order valence-electron chi connectivity index (χ0n) is 19.1. The van der Waals surface area contributed by atoms with Crippen molar-refractivity contribution in [2.75, 3.05) is 18.8 Å². The normalized spacial score (nSPS) is 23.3. The minimum Gasteiger partial charge on any atom is -0.391 e. The molecule has 4 N–H and O–H groups in total. The van der Waals surface area contributed by atoms with Crippen molar-refractivity contribution in [3.05, 3.63) is 42.7 Å². The van der Waals surface area contributed by atoms with E-state index in [2.05, 4.69) is 19.9 Å². The summed E-state index contributed by atoms with van der Waals surface area (Å²) >= 11 is 0. The second kappa shape index (κ2) is 8.41. The fourth-order valence-corrected chi connectivity index (χ4v) is 4.79. The lowest BCUT2D eigenvalue weighted by atomic mass is 9.91. The Balaban J connectivity index is 1.52. The zero-order valence-corrected chi connectivity index (χ0v) is 19.1. The van der Waals surface area contributed by atoms with E-state index in [-0.39, 0.29) is 36.4 Å². The molecule has 1 aliphatic rings. The highest BCUT2D eigenvalue weighted by molar-refractivity contribution is 5.82. The number of rotatable bonds is 3. The number of nitrogens with two attached hydrogens (primary N) is 1. The first-order chi connectivity index (χ1) is 17.0. The summed E-state index contributed by atoms with van der Waals surface area (Å²) in [5.41, 5.74) is 5.24. The number of hydrogen-bond acceptors (Lipinski definition) is 8. The van der Waals surface area contributed by atoms with Crippen LogP contribution in [0.1, 0.15) is 25.2 Å². The number of nitrogens with zero attached hydrogens (tertiary/aromatic N) is 7. The molecule has 11 nitrogen and oxygen atoms in total. The van der Waals surface area contributed by atoms with Gasteiger partial charge in [-0.3, -0.25) is 4.79 Å². The van der Waals surface area contributed by atoms with Gasteiger partial charge in [0.1, 0.15) is 18.4 Å². The van der Waals surface area contributed by atoms with Crippen LogP contribution in [0.5, 0.6) is 0 Å². The molecule has 1 saturated heterocycles. The molecule has 0 unspecified atom stereocenters. The van der Waals surface area contributed by atoms with Crippen LogP contribution in [0.2, 0.25) is 0 Å². The number of aliphatic hydroxyl groups excluding tert-OH is 1. The van der Waals surface area contributed by atoms with Gasteiger partial charge in [0.2, 0.25) is 11.7 Å². The topological polar surface area (TPSA) is 148 Å². The molecular formula is C22H23F3N8O3. The minimum absolute atomic E-state index is 0.0938. The van der Waals surface area contributed by atoms with E-state index in [9.17, 15) is 28.2 Å². The number of β-amino-alcohol motifs (C(OH)–C–C–N with tert-alkyl or cyclic N) is 1. The Labute approximate surface area is 202 Å². The molecule has 5 rings (SSSR count). The molecule has 1 fully saturated rings. The molecular weight excluding hydrogens is 481 g/mol. The SMILES string of the molecule is C[C@]1(O)C[C@@H](O)CN(C(=O)Cn2c(C(F)(F)F)nc3ccccc32)C[C@@H]1n1cnc2c(N)ncnc21. The van der Waals surface area contributed by atoms with Gasteiger partial charge in [-0.15, -0.1) is 0 Å². The molecule has 3 atom stereocenters. The Morgan fingerprint density at radius 1 is 1.22 bits per heavy atom. The summed E-state index contributed by atoms with van der Waals surface area (Å²) in [7, 11) is 0.